The van der Waals surface area contributed by atoms with Gasteiger partial charge in [-0.25, -0.2) is 0 Å². The lowest BCUT2D eigenvalue weighted by Gasteiger charge is -2.15. The quantitative estimate of drug-likeness (QED) is 0.867. The molecule has 1 atom stereocenters. The second kappa shape index (κ2) is 6.77. The van der Waals surface area contributed by atoms with E-state index < -0.39 is 0 Å². The average Bonchev–Trinajstić information content (AvgIpc) is 2.46. The first-order valence-electron chi connectivity index (χ1n) is 6.45. The van der Waals surface area contributed by atoms with Gasteiger partial charge in [0.05, 0.1) is 7.11 Å². The molecule has 0 aliphatic rings. The molecule has 106 valence electrons. The molecule has 0 aliphatic carbocycles. The first kappa shape index (κ1) is 14.9. The molecule has 4 heteroatoms. The van der Waals surface area contributed by atoms with Crippen LogP contribution in [-0.2, 0) is 6.54 Å². The van der Waals surface area contributed by atoms with E-state index in [-0.39, 0.29) is 11.8 Å². The number of hydrogen-bond donors (Lipinski definition) is 2. The molecule has 2 rings (SSSR count). The van der Waals surface area contributed by atoms with Gasteiger partial charge in [-0.1, -0.05) is 34.1 Å². The van der Waals surface area contributed by atoms with Gasteiger partial charge in [0.2, 0.25) is 0 Å². The third kappa shape index (κ3) is 3.74. The molecule has 0 fully saturated rings. The molecule has 3 nitrogen and oxygen atoms in total. The zero-order chi connectivity index (χ0) is 14.5. The predicted molar refractivity (Wildman–Crippen MR) is 84.1 cm³/mol. The Morgan fingerprint density at radius 1 is 1.20 bits per heavy atom. The predicted octanol–water partition coefficient (Wildman–Crippen LogP) is 4.01. The third-order valence-electron chi connectivity index (χ3n) is 3.23. The number of methoxy groups -OCH3 is 1. The van der Waals surface area contributed by atoms with Gasteiger partial charge >= 0.3 is 0 Å². The van der Waals surface area contributed by atoms with Crippen molar-refractivity contribution in [3.8, 4) is 11.5 Å². The third-order valence-corrected chi connectivity index (χ3v) is 3.76. The molecule has 0 amide bonds. The highest BCUT2D eigenvalue weighted by Crippen LogP contribution is 2.26. The van der Waals surface area contributed by atoms with Crippen LogP contribution in [0.15, 0.2) is 46.9 Å². The molecule has 0 aromatic heterocycles. The summed E-state index contributed by atoms with van der Waals surface area (Å²) in [6, 6.07) is 13.9. The van der Waals surface area contributed by atoms with Crippen LogP contribution in [-0.4, -0.2) is 12.2 Å². The fraction of sp³-hybridized carbons (Fsp3) is 0.250. The minimum Gasteiger partial charge on any atom is -0.504 e. The lowest BCUT2D eigenvalue weighted by Crippen LogP contribution is -2.18. The van der Waals surface area contributed by atoms with Gasteiger partial charge < -0.3 is 15.2 Å². The van der Waals surface area contributed by atoms with Gasteiger partial charge in [0.25, 0.3) is 0 Å². The van der Waals surface area contributed by atoms with Crippen LogP contribution in [0.3, 0.4) is 0 Å². The molecule has 0 spiro atoms. The van der Waals surface area contributed by atoms with Gasteiger partial charge in [-0.3, -0.25) is 0 Å². The summed E-state index contributed by atoms with van der Waals surface area (Å²) in [4.78, 5) is 0. The monoisotopic (exact) mass is 335 g/mol. The molecule has 0 heterocycles. The number of nitrogens with one attached hydrogen (secondary N) is 1. The topological polar surface area (TPSA) is 41.5 Å². The number of benzene rings is 2. The fourth-order valence-electron chi connectivity index (χ4n) is 1.97. The van der Waals surface area contributed by atoms with E-state index in [1.807, 2.05) is 24.3 Å². The number of halogens is 1. The first-order valence-corrected chi connectivity index (χ1v) is 7.24. The molecule has 2 aromatic rings. The van der Waals surface area contributed by atoms with Crippen molar-refractivity contribution in [2.75, 3.05) is 7.11 Å². The summed E-state index contributed by atoms with van der Waals surface area (Å²) >= 11 is 3.43. The number of phenols is 1. The molecule has 0 aliphatic heterocycles. The summed E-state index contributed by atoms with van der Waals surface area (Å²) in [6.07, 6.45) is 0. The van der Waals surface area contributed by atoms with Crippen molar-refractivity contribution in [1.82, 2.24) is 5.32 Å². The summed E-state index contributed by atoms with van der Waals surface area (Å²) in [5.41, 5.74) is 2.31. The highest BCUT2D eigenvalue weighted by atomic mass is 79.9. The molecule has 2 N–H and O–H groups in total. The summed E-state index contributed by atoms with van der Waals surface area (Å²) in [5.74, 6) is 0.665. The van der Waals surface area contributed by atoms with E-state index in [0.29, 0.717) is 12.3 Å². The minimum atomic E-state index is 0.164. The summed E-state index contributed by atoms with van der Waals surface area (Å²) in [7, 11) is 1.55. The van der Waals surface area contributed by atoms with Gasteiger partial charge in [-0.15, -0.1) is 0 Å². The summed E-state index contributed by atoms with van der Waals surface area (Å²) < 4.78 is 6.19. The van der Waals surface area contributed by atoms with Gasteiger partial charge in [-0.2, -0.15) is 0 Å². The lowest BCUT2D eigenvalue weighted by atomic mass is 10.1. The number of hydrogen-bond acceptors (Lipinski definition) is 3. The Labute approximate surface area is 127 Å². The molecule has 0 saturated heterocycles. The maximum Gasteiger partial charge on any atom is 0.160 e. The zero-order valence-corrected chi connectivity index (χ0v) is 13.1. The Bertz CT molecular complexity index is 569. The molecule has 20 heavy (non-hydrogen) atoms. The number of ether oxygens (including phenoxy) is 1. The van der Waals surface area contributed by atoms with E-state index in [4.69, 9.17) is 4.74 Å². The zero-order valence-electron chi connectivity index (χ0n) is 11.6. The van der Waals surface area contributed by atoms with E-state index in [0.717, 1.165) is 10.0 Å². The van der Waals surface area contributed by atoms with Crippen LogP contribution < -0.4 is 10.1 Å². The molecule has 0 unspecified atom stereocenters. The average molecular weight is 336 g/mol. The van der Waals surface area contributed by atoms with Gasteiger partial charge in [0, 0.05) is 17.1 Å². The standard InChI is InChI=1S/C16H18BrNO2/c1-11(13-4-6-14(17)7-5-13)18-10-12-3-8-15(19)16(9-12)20-2/h3-9,11,18-19H,10H2,1-2H3/t11-/m1/s1. The fourth-order valence-corrected chi connectivity index (χ4v) is 2.24. The second-order valence-electron chi connectivity index (χ2n) is 4.66. The maximum absolute atomic E-state index is 9.57. The van der Waals surface area contributed by atoms with Crippen LogP contribution in [0.1, 0.15) is 24.1 Å². The highest BCUT2D eigenvalue weighted by molar-refractivity contribution is 9.10. The molecule has 0 bridgehead atoms. The minimum absolute atomic E-state index is 0.164. The smallest absolute Gasteiger partial charge is 0.160 e. The SMILES string of the molecule is COc1cc(CN[C@H](C)c2ccc(Br)cc2)ccc1O. The maximum atomic E-state index is 9.57. The van der Waals surface area contributed by atoms with E-state index in [9.17, 15) is 5.11 Å². The van der Waals surface area contributed by atoms with Gasteiger partial charge in [0.1, 0.15) is 0 Å². The van der Waals surface area contributed by atoms with Gasteiger partial charge in [-0.05, 0) is 42.3 Å². The van der Waals surface area contributed by atoms with E-state index in [2.05, 4.69) is 40.3 Å². The van der Waals surface area contributed by atoms with Crippen LogP contribution in [0, 0.1) is 0 Å². The summed E-state index contributed by atoms with van der Waals surface area (Å²) in [5, 5.41) is 13.0. The molecule has 0 radical (unpaired) electrons. The van der Waals surface area contributed by atoms with Crippen LogP contribution in [0.25, 0.3) is 0 Å². The Hall–Kier alpha value is -1.52. The molecule has 2 aromatic carbocycles. The highest BCUT2D eigenvalue weighted by Gasteiger charge is 2.06. The Morgan fingerprint density at radius 2 is 1.90 bits per heavy atom. The number of phenolic OH excluding ortho intramolecular Hbond substituents is 1. The van der Waals surface area contributed by atoms with Crippen molar-refractivity contribution in [3.63, 3.8) is 0 Å². The summed E-state index contributed by atoms with van der Waals surface area (Å²) in [6.45, 7) is 2.84. The van der Waals surface area contributed by atoms with Gasteiger partial charge in [0.15, 0.2) is 11.5 Å². The number of rotatable bonds is 5. The molecular formula is C16H18BrNO2. The molecule has 0 saturated carbocycles. The second-order valence-corrected chi connectivity index (χ2v) is 5.58. The molecular weight excluding hydrogens is 318 g/mol. The van der Waals surface area contributed by atoms with Crippen molar-refractivity contribution < 1.29 is 9.84 Å². The van der Waals surface area contributed by atoms with Crippen LogP contribution >= 0.6 is 15.9 Å². The van der Waals surface area contributed by atoms with Crippen molar-refractivity contribution in [3.05, 3.63) is 58.1 Å². The Balaban J connectivity index is 1.99. The van der Waals surface area contributed by atoms with E-state index >= 15 is 0 Å². The van der Waals surface area contributed by atoms with Crippen LogP contribution in [0.5, 0.6) is 11.5 Å². The van der Waals surface area contributed by atoms with Crippen molar-refractivity contribution in [2.45, 2.75) is 19.5 Å². The normalized spacial score (nSPS) is 12.2. The van der Waals surface area contributed by atoms with Crippen molar-refractivity contribution in [1.29, 1.82) is 0 Å². The van der Waals surface area contributed by atoms with Crippen LogP contribution in [0.2, 0.25) is 0 Å². The van der Waals surface area contributed by atoms with Crippen molar-refractivity contribution in [2.24, 2.45) is 0 Å². The first-order chi connectivity index (χ1) is 9.60. The lowest BCUT2D eigenvalue weighted by molar-refractivity contribution is 0.372. The Morgan fingerprint density at radius 3 is 2.55 bits per heavy atom. The largest absolute Gasteiger partial charge is 0.504 e. The van der Waals surface area contributed by atoms with Crippen molar-refractivity contribution >= 4 is 15.9 Å². The van der Waals surface area contributed by atoms with E-state index in [1.54, 1.807) is 13.2 Å². The Kier molecular flexibility index (Phi) is 5.04. The van der Waals surface area contributed by atoms with Crippen LogP contribution in [0.4, 0.5) is 0 Å². The number of aromatic hydroxyl groups is 1. The van der Waals surface area contributed by atoms with E-state index in [1.165, 1.54) is 5.56 Å².